The zero-order valence-electron chi connectivity index (χ0n) is 10.3. The summed E-state index contributed by atoms with van der Waals surface area (Å²) in [5.74, 6) is 0.0200. The molecule has 1 saturated carbocycles. The van der Waals surface area contributed by atoms with Gasteiger partial charge in [0.25, 0.3) is 0 Å². The average molecular weight is 263 g/mol. The number of nitrogens with zero attached hydrogens (tertiary/aromatic N) is 1. The molecule has 0 aliphatic heterocycles. The maximum absolute atomic E-state index is 11.9. The van der Waals surface area contributed by atoms with Crippen LogP contribution in [-0.4, -0.2) is 31.3 Å². The molecule has 1 rings (SSSR count). The van der Waals surface area contributed by atoms with Crippen molar-refractivity contribution < 1.29 is 13.6 Å². The fourth-order valence-corrected chi connectivity index (χ4v) is 3.58. The molecule has 100 valence electrons. The number of hydrogen-bond donors (Lipinski definition) is 3. The van der Waals surface area contributed by atoms with Crippen LogP contribution in [0.4, 0.5) is 0 Å². The maximum atomic E-state index is 11.9. The van der Waals surface area contributed by atoms with Crippen LogP contribution < -0.4 is 10.5 Å². The molecule has 0 atom stereocenters. The molecule has 1 aliphatic carbocycles. The average Bonchev–Trinajstić information content (AvgIpc) is 2.79. The normalized spacial score (nSPS) is 19.8. The van der Waals surface area contributed by atoms with Crippen molar-refractivity contribution in [2.75, 3.05) is 6.54 Å². The first-order valence-corrected chi connectivity index (χ1v) is 7.31. The van der Waals surface area contributed by atoms with Crippen LogP contribution >= 0.6 is 0 Å². The largest absolute Gasteiger partial charge is 0.409 e. The molecule has 6 nitrogen and oxygen atoms in total. The molecule has 0 unspecified atom stereocenters. The second-order valence-corrected chi connectivity index (χ2v) is 7.19. The third kappa shape index (κ3) is 3.57. The molecule has 0 amide bonds. The highest BCUT2D eigenvalue weighted by molar-refractivity contribution is 7.90. The fraction of sp³-hybridized carbons (Fsp3) is 0.900. The van der Waals surface area contributed by atoms with Crippen LogP contribution in [0.1, 0.15) is 39.5 Å². The highest BCUT2D eigenvalue weighted by Gasteiger charge is 2.31. The minimum absolute atomic E-state index is 0.0200. The number of amidine groups is 1. The van der Waals surface area contributed by atoms with Gasteiger partial charge in [0.15, 0.2) is 0 Å². The number of nitrogens with two attached hydrogens (primary N) is 1. The first-order valence-electron chi connectivity index (χ1n) is 5.76. The van der Waals surface area contributed by atoms with Crippen LogP contribution in [-0.2, 0) is 10.0 Å². The summed E-state index contributed by atoms with van der Waals surface area (Å²) in [5.41, 5.74) is 4.80. The van der Waals surface area contributed by atoms with Crippen molar-refractivity contribution in [3.8, 4) is 0 Å². The van der Waals surface area contributed by atoms with E-state index in [1.807, 2.05) is 0 Å². The topological polar surface area (TPSA) is 105 Å². The van der Waals surface area contributed by atoms with Gasteiger partial charge in [-0.2, -0.15) is 0 Å². The van der Waals surface area contributed by atoms with Crippen LogP contribution in [0.2, 0.25) is 0 Å². The molecule has 0 aromatic heterocycles. The molecule has 0 bridgehead atoms. The standard InChI is InChI=1S/C10H21N3O3S/c1-10(2,9(11)13-14)7-12-17(15,16)8-5-3-4-6-8/h8,12,14H,3-7H2,1-2H3,(H2,11,13). The first kappa shape index (κ1) is 14.2. The fourth-order valence-electron chi connectivity index (χ4n) is 1.82. The van der Waals surface area contributed by atoms with Crippen LogP contribution in [0.25, 0.3) is 0 Å². The summed E-state index contributed by atoms with van der Waals surface area (Å²) in [5, 5.41) is 11.2. The predicted octanol–water partition coefficient (Wildman–Crippen LogP) is 0.621. The van der Waals surface area contributed by atoms with Gasteiger partial charge in [0.2, 0.25) is 10.0 Å². The van der Waals surface area contributed by atoms with Crippen molar-refractivity contribution in [1.29, 1.82) is 0 Å². The van der Waals surface area contributed by atoms with E-state index in [9.17, 15) is 8.42 Å². The van der Waals surface area contributed by atoms with Gasteiger partial charge in [-0.25, -0.2) is 13.1 Å². The first-order chi connectivity index (χ1) is 7.79. The molecule has 0 spiro atoms. The molecular weight excluding hydrogens is 242 g/mol. The van der Waals surface area contributed by atoms with E-state index < -0.39 is 15.4 Å². The number of nitrogens with one attached hydrogen (secondary N) is 1. The van der Waals surface area contributed by atoms with Crippen molar-refractivity contribution in [2.24, 2.45) is 16.3 Å². The molecule has 17 heavy (non-hydrogen) atoms. The van der Waals surface area contributed by atoms with Gasteiger partial charge >= 0.3 is 0 Å². The number of oxime groups is 1. The monoisotopic (exact) mass is 263 g/mol. The van der Waals surface area contributed by atoms with Crippen LogP contribution in [0.5, 0.6) is 0 Å². The summed E-state index contributed by atoms with van der Waals surface area (Å²) < 4.78 is 26.4. The lowest BCUT2D eigenvalue weighted by Crippen LogP contribution is -2.44. The summed E-state index contributed by atoms with van der Waals surface area (Å²) >= 11 is 0. The Labute approximate surface area is 102 Å². The van der Waals surface area contributed by atoms with E-state index in [0.29, 0.717) is 0 Å². The van der Waals surface area contributed by atoms with Crippen molar-refractivity contribution in [2.45, 2.75) is 44.8 Å². The predicted molar refractivity (Wildman–Crippen MR) is 66.4 cm³/mol. The van der Waals surface area contributed by atoms with E-state index >= 15 is 0 Å². The van der Waals surface area contributed by atoms with Crippen LogP contribution in [0, 0.1) is 5.41 Å². The molecule has 7 heteroatoms. The smallest absolute Gasteiger partial charge is 0.214 e. The number of hydrogen-bond acceptors (Lipinski definition) is 4. The summed E-state index contributed by atoms with van der Waals surface area (Å²) in [6.45, 7) is 3.58. The SMILES string of the molecule is CC(C)(CNS(=O)(=O)C1CCCC1)C(N)=NO. The molecule has 1 aliphatic rings. The molecule has 1 fully saturated rings. The van der Waals surface area contributed by atoms with E-state index in [1.165, 1.54) is 0 Å². The Hall–Kier alpha value is -0.820. The Morgan fingerprint density at radius 1 is 1.47 bits per heavy atom. The van der Waals surface area contributed by atoms with Crippen molar-refractivity contribution in [1.82, 2.24) is 4.72 Å². The second-order valence-electron chi connectivity index (χ2n) is 5.14. The van der Waals surface area contributed by atoms with Gasteiger partial charge < -0.3 is 10.9 Å². The Morgan fingerprint density at radius 3 is 2.47 bits per heavy atom. The lowest BCUT2D eigenvalue weighted by Gasteiger charge is -2.24. The van der Waals surface area contributed by atoms with Gasteiger partial charge in [-0.3, -0.25) is 0 Å². The third-order valence-electron chi connectivity index (χ3n) is 3.26. The summed E-state index contributed by atoms with van der Waals surface area (Å²) in [6, 6.07) is 0. The van der Waals surface area contributed by atoms with Crippen LogP contribution in [0.3, 0.4) is 0 Å². The Balaban J connectivity index is 2.61. The number of sulfonamides is 1. The second kappa shape index (κ2) is 5.22. The Morgan fingerprint density at radius 2 is 2.00 bits per heavy atom. The van der Waals surface area contributed by atoms with E-state index in [-0.39, 0.29) is 17.6 Å². The third-order valence-corrected chi connectivity index (χ3v) is 5.15. The zero-order valence-corrected chi connectivity index (χ0v) is 11.1. The van der Waals surface area contributed by atoms with E-state index in [1.54, 1.807) is 13.8 Å². The molecule has 0 saturated heterocycles. The quantitative estimate of drug-likeness (QED) is 0.293. The molecule has 4 N–H and O–H groups in total. The van der Waals surface area contributed by atoms with Crippen LogP contribution in [0.15, 0.2) is 5.16 Å². The minimum Gasteiger partial charge on any atom is -0.409 e. The Kier molecular flexibility index (Phi) is 4.37. The number of rotatable bonds is 5. The van der Waals surface area contributed by atoms with E-state index in [2.05, 4.69) is 9.88 Å². The minimum atomic E-state index is -3.28. The van der Waals surface area contributed by atoms with Gasteiger partial charge in [0.1, 0.15) is 5.84 Å². The van der Waals surface area contributed by atoms with Crippen molar-refractivity contribution in [3.63, 3.8) is 0 Å². The lowest BCUT2D eigenvalue weighted by atomic mass is 9.93. The highest BCUT2D eigenvalue weighted by Crippen LogP contribution is 2.24. The van der Waals surface area contributed by atoms with Gasteiger partial charge in [0, 0.05) is 12.0 Å². The van der Waals surface area contributed by atoms with Gasteiger partial charge in [-0.05, 0) is 12.8 Å². The van der Waals surface area contributed by atoms with E-state index in [0.717, 1.165) is 25.7 Å². The molecule has 0 radical (unpaired) electrons. The van der Waals surface area contributed by atoms with Crippen molar-refractivity contribution >= 4 is 15.9 Å². The molecule has 0 aromatic rings. The van der Waals surface area contributed by atoms with Gasteiger partial charge in [-0.1, -0.05) is 31.8 Å². The zero-order chi connectivity index (χ0) is 13.1. The van der Waals surface area contributed by atoms with Gasteiger partial charge in [0.05, 0.1) is 5.25 Å². The van der Waals surface area contributed by atoms with Crippen molar-refractivity contribution in [3.05, 3.63) is 0 Å². The summed E-state index contributed by atoms with van der Waals surface area (Å²) in [7, 11) is -3.28. The molecule has 0 aromatic carbocycles. The molecule has 0 heterocycles. The summed E-state index contributed by atoms with van der Waals surface area (Å²) in [4.78, 5) is 0. The molecular formula is C10H21N3O3S. The maximum Gasteiger partial charge on any atom is 0.214 e. The lowest BCUT2D eigenvalue weighted by molar-refractivity contribution is 0.307. The highest BCUT2D eigenvalue weighted by atomic mass is 32.2. The Bertz CT molecular complexity index is 384. The van der Waals surface area contributed by atoms with Gasteiger partial charge in [-0.15, -0.1) is 0 Å². The van der Waals surface area contributed by atoms with E-state index in [4.69, 9.17) is 10.9 Å². The summed E-state index contributed by atoms with van der Waals surface area (Å²) in [6.07, 6.45) is 3.38.